The number of carbonyl (C=O) groups is 2. The van der Waals surface area contributed by atoms with E-state index < -0.39 is 5.91 Å². The van der Waals surface area contributed by atoms with E-state index in [9.17, 15) is 9.59 Å². The lowest BCUT2D eigenvalue weighted by Crippen LogP contribution is -2.25. The van der Waals surface area contributed by atoms with Crippen molar-refractivity contribution in [2.24, 2.45) is 0 Å². The van der Waals surface area contributed by atoms with E-state index >= 15 is 0 Å². The first kappa shape index (κ1) is 13.7. The Labute approximate surface area is 115 Å². The normalized spacial score (nSPS) is 10.1. The highest BCUT2D eigenvalue weighted by atomic mass is 16.2. The van der Waals surface area contributed by atoms with Gasteiger partial charge in [-0.3, -0.25) is 9.59 Å². The maximum atomic E-state index is 12.0. The van der Waals surface area contributed by atoms with E-state index in [2.05, 4.69) is 26.0 Å². The van der Waals surface area contributed by atoms with Crippen LogP contribution in [0.4, 0.5) is 5.69 Å². The van der Waals surface area contributed by atoms with Crippen molar-refractivity contribution < 1.29 is 9.59 Å². The smallest absolute Gasteiger partial charge is 0.277 e. The maximum absolute atomic E-state index is 12.0. The number of nitrogens with zero attached hydrogens (tertiary/aromatic N) is 2. The van der Waals surface area contributed by atoms with Crippen LogP contribution in [0.2, 0.25) is 0 Å². The summed E-state index contributed by atoms with van der Waals surface area (Å²) in [5.74, 6) is -0.641. The SMILES string of the molecule is CCCNC(=O)c1ccccc1NC(=O)c1cn[nH]n1. The number of hydrogen-bond acceptors (Lipinski definition) is 4. The van der Waals surface area contributed by atoms with Gasteiger partial charge in [0.05, 0.1) is 17.4 Å². The second-order valence-electron chi connectivity index (χ2n) is 4.11. The zero-order valence-corrected chi connectivity index (χ0v) is 11.0. The molecule has 0 saturated carbocycles. The first-order valence-corrected chi connectivity index (χ1v) is 6.26. The van der Waals surface area contributed by atoms with Crippen molar-refractivity contribution in [3.05, 3.63) is 41.7 Å². The second kappa shape index (κ2) is 6.46. The fourth-order valence-corrected chi connectivity index (χ4v) is 1.62. The molecular formula is C13H15N5O2. The number of anilines is 1. The minimum absolute atomic E-state index is 0.161. The molecule has 0 atom stereocenters. The van der Waals surface area contributed by atoms with E-state index in [-0.39, 0.29) is 11.6 Å². The van der Waals surface area contributed by atoms with Gasteiger partial charge in [-0.2, -0.15) is 15.4 Å². The highest BCUT2D eigenvalue weighted by Gasteiger charge is 2.14. The molecule has 0 aliphatic rings. The number of H-pyrrole nitrogens is 1. The molecule has 0 spiro atoms. The fourth-order valence-electron chi connectivity index (χ4n) is 1.62. The number of aromatic amines is 1. The fraction of sp³-hybridized carbons (Fsp3) is 0.231. The molecule has 1 aromatic carbocycles. The Balaban J connectivity index is 2.15. The predicted molar refractivity (Wildman–Crippen MR) is 73.4 cm³/mol. The first-order chi connectivity index (χ1) is 9.72. The Morgan fingerprint density at radius 1 is 1.25 bits per heavy atom. The maximum Gasteiger partial charge on any atom is 0.277 e. The van der Waals surface area contributed by atoms with Gasteiger partial charge in [0.15, 0.2) is 5.69 Å². The van der Waals surface area contributed by atoms with Crippen LogP contribution in [0.25, 0.3) is 0 Å². The van der Waals surface area contributed by atoms with Gasteiger partial charge in [-0.1, -0.05) is 19.1 Å². The van der Waals surface area contributed by atoms with Gasteiger partial charge >= 0.3 is 0 Å². The summed E-state index contributed by atoms with van der Waals surface area (Å²) in [6.07, 6.45) is 2.16. The van der Waals surface area contributed by atoms with Crippen molar-refractivity contribution in [2.45, 2.75) is 13.3 Å². The summed E-state index contributed by atoms with van der Waals surface area (Å²) in [6.45, 7) is 2.56. The molecule has 0 aliphatic heterocycles. The van der Waals surface area contributed by atoms with Gasteiger partial charge in [0.25, 0.3) is 11.8 Å². The van der Waals surface area contributed by atoms with Crippen LogP contribution in [0.15, 0.2) is 30.5 Å². The molecule has 0 radical (unpaired) electrons. The third-order valence-corrected chi connectivity index (χ3v) is 2.60. The van der Waals surface area contributed by atoms with Crippen LogP contribution >= 0.6 is 0 Å². The molecule has 1 heterocycles. The van der Waals surface area contributed by atoms with Crippen LogP contribution in [0.5, 0.6) is 0 Å². The zero-order chi connectivity index (χ0) is 14.4. The number of amides is 2. The molecule has 104 valence electrons. The highest BCUT2D eigenvalue weighted by molar-refractivity contribution is 6.08. The molecule has 2 amide bonds. The lowest BCUT2D eigenvalue weighted by molar-refractivity contribution is 0.0954. The highest BCUT2D eigenvalue weighted by Crippen LogP contribution is 2.15. The van der Waals surface area contributed by atoms with E-state index in [1.807, 2.05) is 6.92 Å². The average molecular weight is 273 g/mol. The summed E-state index contributed by atoms with van der Waals surface area (Å²) in [7, 11) is 0. The van der Waals surface area contributed by atoms with Crippen molar-refractivity contribution in [2.75, 3.05) is 11.9 Å². The zero-order valence-electron chi connectivity index (χ0n) is 11.0. The van der Waals surface area contributed by atoms with Crippen LogP contribution in [0.1, 0.15) is 34.2 Å². The Bertz CT molecular complexity index is 595. The molecule has 7 nitrogen and oxygen atoms in total. The number of benzene rings is 1. The van der Waals surface area contributed by atoms with Gasteiger partial charge in [-0.15, -0.1) is 0 Å². The van der Waals surface area contributed by atoms with E-state index in [0.29, 0.717) is 17.8 Å². The summed E-state index contributed by atoms with van der Waals surface area (Å²) < 4.78 is 0. The first-order valence-electron chi connectivity index (χ1n) is 6.26. The van der Waals surface area contributed by atoms with Crippen LogP contribution in [0.3, 0.4) is 0 Å². The van der Waals surface area contributed by atoms with Crippen molar-refractivity contribution >= 4 is 17.5 Å². The Morgan fingerprint density at radius 3 is 2.75 bits per heavy atom. The van der Waals surface area contributed by atoms with Gasteiger partial charge in [0.2, 0.25) is 0 Å². The Hall–Kier alpha value is -2.70. The predicted octanol–water partition coefficient (Wildman–Crippen LogP) is 1.20. The second-order valence-corrected chi connectivity index (χ2v) is 4.11. The minimum atomic E-state index is -0.422. The molecule has 0 saturated heterocycles. The topological polar surface area (TPSA) is 99.8 Å². The standard InChI is InChI=1S/C13H15N5O2/c1-2-7-14-12(19)9-5-3-4-6-10(9)16-13(20)11-8-15-18-17-11/h3-6,8H,2,7H2,1H3,(H,14,19)(H,16,20)(H,15,17,18). The number of carbonyl (C=O) groups excluding carboxylic acids is 2. The van der Waals surface area contributed by atoms with E-state index in [4.69, 9.17) is 0 Å². The molecule has 0 fully saturated rings. The van der Waals surface area contributed by atoms with Crippen LogP contribution in [0, 0.1) is 0 Å². The van der Waals surface area contributed by atoms with E-state index in [1.165, 1.54) is 6.20 Å². The van der Waals surface area contributed by atoms with Gasteiger partial charge in [0, 0.05) is 6.54 Å². The summed E-state index contributed by atoms with van der Waals surface area (Å²) in [5.41, 5.74) is 1.01. The Morgan fingerprint density at radius 2 is 2.05 bits per heavy atom. The van der Waals surface area contributed by atoms with Gasteiger partial charge in [-0.25, -0.2) is 0 Å². The molecule has 7 heteroatoms. The van der Waals surface area contributed by atoms with Crippen molar-refractivity contribution in [1.29, 1.82) is 0 Å². The summed E-state index contributed by atoms with van der Waals surface area (Å²) in [5, 5.41) is 15.0. The monoisotopic (exact) mass is 273 g/mol. The third-order valence-electron chi connectivity index (χ3n) is 2.60. The Kier molecular flexibility index (Phi) is 4.43. The number of para-hydroxylation sites is 1. The van der Waals surface area contributed by atoms with Crippen LogP contribution in [-0.2, 0) is 0 Å². The van der Waals surface area contributed by atoms with Gasteiger partial charge in [-0.05, 0) is 18.6 Å². The van der Waals surface area contributed by atoms with Crippen LogP contribution in [-0.4, -0.2) is 33.8 Å². The van der Waals surface area contributed by atoms with Crippen molar-refractivity contribution in [3.63, 3.8) is 0 Å². The quantitative estimate of drug-likeness (QED) is 0.762. The van der Waals surface area contributed by atoms with Gasteiger partial charge < -0.3 is 10.6 Å². The lowest BCUT2D eigenvalue weighted by atomic mass is 10.1. The lowest BCUT2D eigenvalue weighted by Gasteiger charge is -2.10. The van der Waals surface area contributed by atoms with E-state index in [0.717, 1.165) is 6.42 Å². The molecular weight excluding hydrogens is 258 g/mol. The summed E-state index contributed by atoms with van der Waals surface area (Å²) in [6, 6.07) is 6.81. The third kappa shape index (κ3) is 3.19. The number of hydrogen-bond donors (Lipinski definition) is 3. The molecule has 0 unspecified atom stereocenters. The van der Waals surface area contributed by atoms with E-state index in [1.54, 1.807) is 24.3 Å². The molecule has 2 aromatic rings. The van der Waals surface area contributed by atoms with Gasteiger partial charge in [0.1, 0.15) is 0 Å². The average Bonchev–Trinajstić information content (AvgIpc) is 2.99. The molecule has 0 aliphatic carbocycles. The molecule has 3 N–H and O–H groups in total. The summed E-state index contributed by atoms with van der Waals surface area (Å²) >= 11 is 0. The number of rotatable bonds is 5. The molecule has 1 aromatic heterocycles. The van der Waals surface area contributed by atoms with Crippen molar-refractivity contribution in [3.8, 4) is 0 Å². The largest absolute Gasteiger partial charge is 0.352 e. The molecule has 0 bridgehead atoms. The number of nitrogens with one attached hydrogen (secondary N) is 3. The number of aromatic nitrogens is 3. The van der Waals surface area contributed by atoms with Crippen LogP contribution < -0.4 is 10.6 Å². The van der Waals surface area contributed by atoms with Crippen molar-refractivity contribution in [1.82, 2.24) is 20.7 Å². The minimum Gasteiger partial charge on any atom is -0.352 e. The molecule has 20 heavy (non-hydrogen) atoms. The summed E-state index contributed by atoms with van der Waals surface area (Å²) in [4.78, 5) is 23.9. The molecule has 2 rings (SSSR count).